The standard InChI is InChI=1S/C27H29FN2O3S/c1-3-14-29(27(32)20-9-5-4-8-19(20)2)17-26(31)30-15-12-25-21(13-16-34-25)23(30)18-33-24-11-7-6-10-22(24)28/h4-11,13,16,23H,3,12,14-15,17-18H2,1-2H3/t23-/m1/s1. The zero-order valence-electron chi connectivity index (χ0n) is 19.5. The van der Waals surface area contributed by atoms with Crippen molar-refractivity contribution in [2.45, 2.75) is 32.7 Å². The largest absolute Gasteiger partial charge is 0.488 e. The number of hydrogen-bond donors (Lipinski definition) is 0. The Morgan fingerprint density at radius 3 is 2.68 bits per heavy atom. The highest BCUT2D eigenvalue weighted by Gasteiger charge is 2.33. The van der Waals surface area contributed by atoms with Crippen LogP contribution in [0.25, 0.3) is 0 Å². The summed E-state index contributed by atoms with van der Waals surface area (Å²) >= 11 is 1.66. The molecule has 0 unspecified atom stereocenters. The first-order valence-electron chi connectivity index (χ1n) is 11.6. The Kier molecular flexibility index (Phi) is 7.63. The van der Waals surface area contributed by atoms with E-state index in [1.165, 1.54) is 10.9 Å². The van der Waals surface area contributed by atoms with Crippen LogP contribution in [0.1, 0.15) is 45.7 Å². The molecule has 0 fully saturated rings. The third kappa shape index (κ3) is 5.14. The molecule has 0 N–H and O–H groups in total. The summed E-state index contributed by atoms with van der Waals surface area (Å²) in [6, 6.07) is 15.4. The van der Waals surface area contributed by atoms with Crippen molar-refractivity contribution >= 4 is 23.2 Å². The van der Waals surface area contributed by atoms with E-state index in [0.717, 1.165) is 24.0 Å². The fourth-order valence-electron chi connectivity index (χ4n) is 4.36. The van der Waals surface area contributed by atoms with Gasteiger partial charge in [-0.05, 0) is 60.5 Å². The normalized spacial score (nSPS) is 15.0. The predicted molar refractivity (Wildman–Crippen MR) is 132 cm³/mol. The summed E-state index contributed by atoms with van der Waals surface area (Å²) in [5.41, 5.74) is 2.54. The lowest BCUT2D eigenvalue weighted by molar-refractivity contribution is -0.135. The lowest BCUT2D eigenvalue weighted by Gasteiger charge is -2.37. The second-order valence-electron chi connectivity index (χ2n) is 8.44. The van der Waals surface area contributed by atoms with Crippen molar-refractivity contribution < 1.29 is 18.7 Å². The highest BCUT2D eigenvalue weighted by molar-refractivity contribution is 7.10. The van der Waals surface area contributed by atoms with E-state index in [4.69, 9.17) is 4.74 Å². The van der Waals surface area contributed by atoms with Crippen molar-refractivity contribution in [3.63, 3.8) is 0 Å². The number of carbonyl (C=O) groups is 2. The Labute approximate surface area is 203 Å². The molecular formula is C27H29FN2O3S. The van der Waals surface area contributed by atoms with Gasteiger partial charge in [0, 0.05) is 23.5 Å². The van der Waals surface area contributed by atoms with Gasteiger partial charge in [0.25, 0.3) is 5.91 Å². The van der Waals surface area contributed by atoms with Crippen molar-refractivity contribution in [3.8, 4) is 5.75 Å². The lowest BCUT2D eigenvalue weighted by Crippen LogP contribution is -2.48. The minimum atomic E-state index is -0.431. The number of nitrogens with zero attached hydrogens (tertiary/aromatic N) is 2. The fourth-order valence-corrected chi connectivity index (χ4v) is 5.29. The first-order chi connectivity index (χ1) is 16.5. The zero-order valence-corrected chi connectivity index (χ0v) is 20.3. The molecule has 1 aliphatic rings. The molecule has 2 amide bonds. The summed E-state index contributed by atoms with van der Waals surface area (Å²) in [7, 11) is 0. The van der Waals surface area contributed by atoms with Crippen LogP contribution in [0.4, 0.5) is 4.39 Å². The summed E-state index contributed by atoms with van der Waals surface area (Å²) in [6.07, 6.45) is 1.51. The van der Waals surface area contributed by atoms with Crippen LogP contribution in [0.5, 0.6) is 5.75 Å². The quantitative estimate of drug-likeness (QED) is 0.442. The summed E-state index contributed by atoms with van der Waals surface area (Å²) in [6.45, 7) is 5.07. The number of aryl methyl sites for hydroxylation is 1. The monoisotopic (exact) mass is 480 g/mol. The number of rotatable bonds is 8. The van der Waals surface area contributed by atoms with Gasteiger partial charge in [-0.15, -0.1) is 11.3 Å². The minimum absolute atomic E-state index is 0.00330. The van der Waals surface area contributed by atoms with E-state index in [1.807, 2.05) is 43.5 Å². The maximum Gasteiger partial charge on any atom is 0.254 e. The molecule has 3 aromatic rings. The van der Waals surface area contributed by atoms with E-state index in [0.29, 0.717) is 18.7 Å². The second kappa shape index (κ2) is 10.8. The SMILES string of the molecule is CCCN(CC(=O)N1CCc2sccc2[C@H]1COc1ccccc1F)C(=O)c1ccccc1C. The molecule has 2 heterocycles. The van der Waals surface area contributed by atoms with E-state index in [-0.39, 0.29) is 36.8 Å². The van der Waals surface area contributed by atoms with Crippen LogP contribution >= 0.6 is 11.3 Å². The Morgan fingerprint density at radius 2 is 1.91 bits per heavy atom. The molecule has 178 valence electrons. The molecule has 4 rings (SSSR count). The van der Waals surface area contributed by atoms with Gasteiger partial charge in [-0.3, -0.25) is 9.59 Å². The van der Waals surface area contributed by atoms with Gasteiger partial charge >= 0.3 is 0 Å². The molecule has 0 spiro atoms. The molecule has 0 saturated heterocycles. The Morgan fingerprint density at radius 1 is 1.15 bits per heavy atom. The van der Waals surface area contributed by atoms with E-state index in [2.05, 4.69) is 0 Å². The molecule has 0 radical (unpaired) electrons. The number of ether oxygens (including phenoxy) is 1. The molecule has 0 saturated carbocycles. The Hall–Kier alpha value is -3.19. The van der Waals surface area contributed by atoms with Crippen LogP contribution in [0, 0.1) is 12.7 Å². The molecule has 1 aromatic heterocycles. The number of halogens is 1. The van der Waals surface area contributed by atoms with E-state index >= 15 is 0 Å². The van der Waals surface area contributed by atoms with Gasteiger partial charge in [-0.2, -0.15) is 0 Å². The second-order valence-corrected chi connectivity index (χ2v) is 9.44. The average Bonchev–Trinajstić information content (AvgIpc) is 3.32. The highest BCUT2D eigenvalue weighted by Crippen LogP contribution is 2.34. The summed E-state index contributed by atoms with van der Waals surface area (Å²) in [4.78, 5) is 31.4. The molecule has 5 nitrogen and oxygen atoms in total. The van der Waals surface area contributed by atoms with Crippen LogP contribution < -0.4 is 4.74 Å². The van der Waals surface area contributed by atoms with E-state index < -0.39 is 5.82 Å². The third-order valence-corrected chi connectivity index (χ3v) is 7.13. The molecule has 0 aliphatic carbocycles. The van der Waals surface area contributed by atoms with Gasteiger partial charge in [-0.25, -0.2) is 4.39 Å². The van der Waals surface area contributed by atoms with E-state index in [1.54, 1.807) is 45.4 Å². The van der Waals surface area contributed by atoms with Crippen molar-refractivity contribution in [1.29, 1.82) is 0 Å². The molecule has 2 aromatic carbocycles. The first-order valence-corrected chi connectivity index (χ1v) is 12.5. The molecule has 0 bridgehead atoms. The maximum atomic E-state index is 14.1. The zero-order chi connectivity index (χ0) is 24.1. The van der Waals surface area contributed by atoms with Crippen molar-refractivity contribution in [1.82, 2.24) is 9.80 Å². The number of hydrogen-bond acceptors (Lipinski definition) is 4. The van der Waals surface area contributed by atoms with Gasteiger partial charge in [0.05, 0.1) is 6.04 Å². The Bertz CT molecular complexity index is 1160. The maximum absolute atomic E-state index is 14.1. The number of fused-ring (bicyclic) bond motifs is 1. The third-order valence-electron chi connectivity index (χ3n) is 6.13. The predicted octanol–water partition coefficient (Wildman–Crippen LogP) is 5.25. The average molecular weight is 481 g/mol. The van der Waals surface area contributed by atoms with Gasteiger partial charge in [0.2, 0.25) is 5.91 Å². The molecule has 7 heteroatoms. The van der Waals surface area contributed by atoms with Crippen LogP contribution in [-0.4, -0.2) is 47.9 Å². The van der Waals surface area contributed by atoms with Gasteiger partial charge in [0.1, 0.15) is 13.2 Å². The van der Waals surface area contributed by atoms with Crippen LogP contribution in [-0.2, 0) is 11.2 Å². The topological polar surface area (TPSA) is 49.9 Å². The molecule has 1 atom stereocenters. The Balaban J connectivity index is 1.54. The lowest BCUT2D eigenvalue weighted by atomic mass is 10.00. The summed E-state index contributed by atoms with van der Waals surface area (Å²) < 4.78 is 20.0. The number of benzene rings is 2. The number of carbonyl (C=O) groups excluding carboxylic acids is 2. The smallest absolute Gasteiger partial charge is 0.254 e. The fraction of sp³-hybridized carbons (Fsp3) is 0.333. The number of amides is 2. The molecule has 1 aliphatic heterocycles. The first kappa shape index (κ1) is 24.0. The van der Waals surface area contributed by atoms with Crippen molar-refractivity contribution in [2.24, 2.45) is 0 Å². The number of thiophene rings is 1. The molecular weight excluding hydrogens is 451 g/mol. The highest BCUT2D eigenvalue weighted by atomic mass is 32.1. The minimum Gasteiger partial charge on any atom is -0.488 e. The van der Waals surface area contributed by atoms with E-state index in [9.17, 15) is 14.0 Å². The summed E-state index contributed by atoms with van der Waals surface area (Å²) in [5, 5.41) is 2.01. The van der Waals surface area contributed by atoms with Crippen molar-refractivity contribution in [3.05, 3.63) is 87.4 Å². The summed E-state index contributed by atoms with van der Waals surface area (Å²) in [5.74, 6) is -0.533. The van der Waals surface area contributed by atoms with Gasteiger partial charge in [-0.1, -0.05) is 37.3 Å². The van der Waals surface area contributed by atoms with Gasteiger partial charge < -0.3 is 14.5 Å². The molecule has 34 heavy (non-hydrogen) atoms. The number of para-hydroxylation sites is 1. The van der Waals surface area contributed by atoms with Crippen LogP contribution in [0.15, 0.2) is 60.0 Å². The van der Waals surface area contributed by atoms with Crippen molar-refractivity contribution in [2.75, 3.05) is 26.2 Å². The van der Waals surface area contributed by atoms with Gasteiger partial charge in [0.15, 0.2) is 11.6 Å². The van der Waals surface area contributed by atoms with Crippen LogP contribution in [0.3, 0.4) is 0 Å². The van der Waals surface area contributed by atoms with Crippen LogP contribution in [0.2, 0.25) is 0 Å².